The van der Waals surface area contributed by atoms with E-state index >= 15 is 0 Å². The van der Waals surface area contributed by atoms with E-state index in [4.69, 9.17) is 0 Å². The quantitative estimate of drug-likeness (QED) is 0.370. The van der Waals surface area contributed by atoms with E-state index < -0.39 is 0 Å². The number of hydrogen-bond acceptors (Lipinski definition) is 5. The zero-order valence-corrected chi connectivity index (χ0v) is 17.8. The Bertz CT molecular complexity index is 1410. The number of carbonyl (C=O) groups is 1. The van der Waals surface area contributed by atoms with Gasteiger partial charge in [0.15, 0.2) is 0 Å². The Hall–Kier alpha value is -3.72. The number of fused-ring (bicyclic) bond motifs is 2. The molecule has 5 aromatic rings. The third-order valence-corrected chi connectivity index (χ3v) is 6.12. The van der Waals surface area contributed by atoms with Crippen LogP contribution in [0.25, 0.3) is 27.4 Å². The minimum atomic E-state index is -0.275. The Kier molecular flexibility index (Phi) is 5.55. The fraction of sp³-hybridized carbons (Fsp3) is 0.130. The van der Waals surface area contributed by atoms with Gasteiger partial charge in [0.25, 0.3) is 0 Å². The van der Waals surface area contributed by atoms with Crippen molar-refractivity contribution in [2.24, 2.45) is 0 Å². The molecule has 0 unspecified atom stereocenters. The number of aromatic amines is 1. The number of halogens is 1. The summed E-state index contributed by atoms with van der Waals surface area (Å²) >= 11 is 1.27. The normalized spacial score (nSPS) is 11.3. The Morgan fingerprint density at radius 1 is 1.09 bits per heavy atom. The van der Waals surface area contributed by atoms with Crippen LogP contribution in [-0.2, 0) is 11.2 Å². The summed E-state index contributed by atoms with van der Waals surface area (Å²) in [5.74, 6) is -0.201. The number of tetrazole rings is 1. The van der Waals surface area contributed by atoms with Gasteiger partial charge in [0.1, 0.15) is 5.82 Å². The summed E-state index contributed by atoms with van der Waals surface area (Å²) in [6, 6.07) is 18.7. The second kappa shape index (κ2) is 8.80. The first kappa shape index (κ1) is 20.2. The number of nitrogens with zero attached hydrogens (tertiary/aromatic N) is 4. The van der Waals surface area contributed by atoms with Gasteiger partial charge in [0, 0.05) is 23.6 Å². The van der Waals surface area contributed by atoms with E-state index in [1.54, 1.807) is 10.7 Å². The lowest BCUT2D eigenvalue weighted by atomic mass is 10.1. The number of carbonyl (C=O) groups excluding carboxylic acids is 1. The van der Waals surface area contributed by atoms with E-state index in [0.29, 0.717) is 18.1 Å². The maximum Gasteiger partial charge on any atom is 0.230 e. The van der Waals surface area contributed by atoms with E-state index in [9.17, 15) is 9.18 Å². The van der Waals surface area contributed by atoms with Gasteiger partial charge >= 0.3 is 0 Å². The van der Waals surface area contributed by atoms with Gasteiger partial charge in [0.05, 0.1) is 11.4 Å². The molecule has 0 aliphatic heterocycles. The summed E-state index contributed by atoms with van der Waals surface area (Å²) in [6.07, 6.45) is 2.46. The van der Waals surface area contributed by atoms with Crippen molar-refractivity contribution in [2.45, 2.75) is 11.6 Å². The van der Waals surface area contributed by atoms with E-state index in [2.05, 4.69) is 25.8 Å². The molecular formula is C23H19FN6OS. The van der Waals surface area contributed by atoms with Crippen molar-refractivity contribution < 1.29 is 9.18 Å². The largest absolute Gasteiger partial charge is 0.361 e. The number of aromatic nitrogens is 5. The number of rotatable bonds is 7. The van der Waals surface area contributed by atoms with Crippen molar-refractivity contribution in [3.63, 3.8) is 0 Å². The van der Waals surface area contributed by atoms with Crippen molar-refractivity contribution >= 4 is 39.3 Å². The van der Waals surface area contributed by atoms with Crippen LogP contribution in [0.3, 0.4) is 0 Å². The molecular weight excluding hydrogens is 427 g/mol. The zero-order valence-electron chi connectivity index (χ0n) is 17.0. The van der Waals surface area contributed by atoms with Gasteiger partial charge in [-0.05, 0) is 63.5 Å². The van der Waals surface area contributed by atoms with Gasteiger partial charge < -0.3 is 10.3 Å². The lowest BCUT2D eigenvalue weighted by Crippen LogP contribution is -2.27. The summed E-state index contributed by atoms with van der Waals surface area (Å²) in [5, 5.41) is 18.4. The number of thioether (sulfide) groups is 1. The highest BCUT2D eigenvalue weighted by molar-refractivity contribution is 7.99. The van der Waals surface area contributed by atoms with Crippen molar-refractivity contribution in [2.75, 3.05) is 12.3 Å². The predicted molar refractivity (Wildman–Crippen MR) is 122 cm³/mol. The minimum absolute atomic E-state index is 0.117. The first-order valence-electron chi connectivity index (χ1n) is 10.1. The molecule has 3 aromatic carbocycles. The lowest BCUT2D eigenvalue weighted by Gasteiger charge is -2.07. The topological polar surface area (TPSA) is 88.5 Å². The molecule has 0 spiro atoms. The number of hydrogen-bond donors (Lipinski definition) is 2. The molecule has 32 heavy (non-hydrogen) atoms. The molecule has 2 N–H and O–H groups in total. The van der Waals surface area contributed by atoms with E-state index in [1.165, 1.54) is 23.9 Å². The monoisotopic (exact) mass is 446 g/mol. The summed E-state index contributed by atoms with van der Waals surface area (Å²) in [6.45, 7) is 0.457. The molecule has 7 nitrogen and oxygen atoms in total. The van der Waals surface area contributed by atoms with Crippen LogP contribution in [0.1, 0.15) is 5.56 Å². The van der Waals surface area contributed by atoms with Crippen molar-refractivity contribution in [3.8, 4) is 5.69 Å². The van der Waals surface area contributed by atoms with Crippen LogP contribution in [0.15, 0.2) is 72.0 Å². The van der Waals surface area contributed by atoms with E-state index in [-0.39, 0.29) is 17.5 Å². The number of H-pyrrole nitrogens is 1. The molecule has 0 fully saturated rings. The fourth-order valence-electron chi connectivity index (χ4n) is 3.61. The van der Waals surface area contributed by atoms with Gasteiger partial charge in [-0.2, -0.15) is 4.68 Å². The zero-order chi connectivity index (χ0) is 21.9. The average molecular weight is 447 g/mol. The van der Waals surface area contributed by atoms with Crippen LogP contribution in [-0.4, -0.2) is 43.4 Å². The first-order valence-corrected chi connectivity index (χ1v) is 11.1. The summed E-state index contributed by atoms with van der Waals surface area (Å²) < 4.78 is 15.1. The standard InChI is InChI=1S/C23H19FN6OS/c24-18-6-8-21-20(12-18)17(13-26-21)9-10-25-22(31)14-32-23-27-28-29-30(23)19-7-5-15-3-1-2-4-16(15)11-19/h1-8,11-13,26H,9-10,14H2,(H,25,31). The van der Waals surface area contributed by atoms with E-state index in [1.807, 2.05) is 48.7 Å². The average Bonchev–Trinajstić information content (AvgIpc) is 3.44. The molecule has 0 atom stereocenters. The SMILES string of the molecule is O=C(CSc1nnnn1-c1ccc2ccccc2c1)NCCc1c[nH]c2ccc(F)cc12. The molecule has 0 aliphatic rings. The lowest BCUT2D eigenvalue weighted by molar-refractivity contribution is -0.118. The van der Waals surface area contributed by atoms with Crippen LogP contribution in [0.4, 0.5) is 4.39 Å². The van der Waals surface area contributed by atoms with Gasteiger partial charge in [-0.1, -0.05) is 42.1 Å². The van der Waals surface area contributed by atoms with E-state index in [0.717, 1.165) is 32.9 Å². The first-order chi connectivity index (χ1) is 15.7. The third kappa shape index (κ3) is 4.19. The van der Waals surface area contributed by atoms with Crippen LogP contribution in [0.5, 0.6) is 0 Å². The molecule has 0 saturated carbocycles. The summed E-state index contributed by atoms with van der Waals surface area (Å²) in [5.41, 5.74) is 2.68. The molecule has 0 radical (unpaired) electrons. The van der Waals surface area contributed by atoms with Crippen molar-refractivity contribution in [3.05, 3.63) is 78.2 Å². The van der Waals surface area contributed by atoms with Gasteiger partial charge in [-0.25, -0.2) is 4.39 Å². The summed E-state index contributed by atoms with van der Waals surface area (Å²) in [4.78, 5) is 15.5. The van der Waals surface area contributed by atoms with Gasteiger partial charge in [-0.3, -0.25) is 4.79 Å². The number of amides is 1. The fourth-order valence-corrected chi connectivity index (χ4v) is 4.34. The van der Waals surface area contributed by atoms with Gasteiger partial charge in [0.2, 0.25) is 11.1 Å². The number of nitrogens with one attached hydrogen (secondary N) is 2. The molecule has 9 heteroatoms. The smallest absolute Gasteiger partial charge is 0.230 e. The predicted octanol–water partition coefficient (Wildman–Crippen LogP) is 3.89. The minimum Gasteiger partial charge on any atom is -0.361 e. The highest BCUT2D eigenvalue weighted by atomic mass is 32.2. The maximum absolute atomic E-state index is 13.5. The maximum atomic E-state index is 13.5. The Morgan fingerprint density at radius 2 is 1.97 bits per heavy atom. The Morgan fingerprint density at radius 3 is 2.88 bits per heavy atom. The Balaban J connectivity index is 1.18. The Labute approximate surface area is 187 Å². The highest BCUT2D eigenvalue weighted by Gasteiger charge is 2.12. The van der Waals surface area contributed by atoms with Gasteiger partial charge in [-0.15, -0.1) is 5.10 Å². The second-order valence-electron chi connectivity index (χ2n) is 7.30. The molecule has 0 bridgehead atoms. The van der Waals surface area contributed by atoms with Crippen LogP contribution in [0.2, 0.25) is 0 Å². The molecule has 0 aliphatic carbocycles. The van der Waals surface area contributed by atoms with Crippen molar-refractivity contribution in [1.82, 2.24) is 30.5 Å². The highest BCUT2D eigenvalue weighted by Crippen LogP contribution is 2.22. The second-order valence-corrected chi connectivity index (χ2v) is 8.24. The molecule has 5 rings (SSSR count). The van der Waals surface area contributed by atoms with Crippen LogP contribution < -0.4 is 5.32 Å². The number of benzene rings is 3. The molecule has 1 amide bonds. The summed E-state index contributed by atoms with van der Waals surface area (Å²) in [7, 11) is 0. The molecule has 0 saturated heterocycles. The third-order valence-electron chi connectivity index (χ3n) is 5.20. The molecule has 2 heterocycles. The van der Waals surface area contributed by atoms with Crippen LogP contribution in [0, 0.1) is 5.82 Å². The van der Waals surface area contributed by atoms with Crippen LogP contribution >= 0.6 is 11.8 Å². The molecule has 2 aromatic heterocycles. The van der Waals surface area contributed by atoms with Crippen molar-refractivity contribution in [1.29, 1.82) is 0 Å². The molecule has 160 valence electrons.